The van der Waals surface area contributed by atoms with Crippen molar-refractivity contribution in [3.63, 3.8) is 0 Å². The lowest BCUT2D eigenvalue weighted by atomic mass is 10.1. The van der Waals surface area contributed by atoms with Gasteiger partial charge in [0.1, 0.15) is 5.01 Å². The van der Waals surface area contributed by atoms with Crippen LogP contribution in [0.3, 0.4) is 0 Å². The van der Waals surface area contributed by atoms with Gasteiger partial charge in [-0.05, 0) is 37.5 Å². The van der Waals surface area contributed by atoms with Crippen molar-refractivity contribution in [1.29, 1.82) is 0 Å². The molecule has 0 bridgehead atoms. The third-order valence-electron chi connectivity index (χ3n) is 3.68. The Hall–Kier alpha value is -1.55. The molecule has 0 saturated carbocycles. The van der Waals surface area contributed by atoms with E-state index in [-0.39, 0.29) is 24.0 Å². The number of hydrogen-bond acceptors (Lipinski definition) is 5. The van der Waals surface area contributed by atoms with Gasteiger partial charge >= 0.3 is 0 Å². The van der Waals surface area contributed by atoms with Crippen molar-refractivity contribution in [2.75, 3.05) is 27.8 Å². The second-order valence-corrected chi connectivity index (χ2v) is 6.83. The first-order valence-corrected chi connectivity index (χ1v) is 9.04. The molecule has 1 aromatic carbocycles. The fraction of sp³-hybridized carbons (Fsp3) is 0.444. The summed E-state index contributed by atoms with van der Waals surface area (Å²) in [5.41, 5.74) is 1.22. The van der Waals surface area contributed by atoms with E-state index >= 15 is 0 Å². The third-order valence-corrected chi connectivity index (χ3v) is 4.60. The largest absolute Gasteiger partial charge is 0.493 e. The molecule has 2 N–H and O–H groups in total. The number of aliphatic imine (C=N–C) groups is 1. The highest BCUT2D eigenvalue weighted by Crippen LogP contribution is 2.27. The van der Waals surface area contributed by atoms with E-state index in [1.54, 1.807) is 32.6 Å². The normalized spacial score (nSPS) is 10.8. The molecule has 0 unspecified atom stereocenters. The van der Waals surface area contributed by atoms with Gasteiger partial charge in [0.25, 0.3) is 0 Å². The minimum atomic E-state index is 0. The van der Waals surface area contributed by atoms with Crippen LogP contribution in [-0.2, 0) is 13.0 Å². The topological polar surface area (TPSA) is 67.8 Å². The van der Waals surface area contributed by atoms with Crippen LogP contribution in [0.15, 0.2) is 29.4 Å². The maximum Gasteiger partial charge on any atom is 0.191 e. The average Bonchev–Trinajstić information content (AvgIpc) is 3.06. The predicted molar refractivity (Wildman–Crippen MR) is 118 cm³/mol. The monoisotopic (exact) mass is 490 g/mol. The number of aryl methyl sites for hydroxylation is 2. The van der Waals surface area contributed by atoms with Gasteiger partial charge in [0.2, 0.25) is 0 Å². The molecule has 144 valence electrons. The van der Waals surface area contributed by atoms with Crippen LogP contribution in [0.1, 0.15) is 21.9 Å². The van der Waals surface area contributed by atoms with Crippen LogP contribution < -0.4 is 20.1 Å². The zero-order valence-electron chi connectivity index (χ0n) is 15.7. The first-order chi connectivity index (χ1) is 12.2. The summed E-state index contributed by atoms with van der Waals surface area (Å²) in [4.78, 5) is 9.80. The molecule has 2 rings (SSSR count). The number of guanidine groups is 1. The van der Waals surface area contributed by atoms with E-state index in [0.717, 1.165) is 41.9 Å². The molecule has 0 spiro atoms. The summed E-state index contributed by atoms with van der Waals surface area (Å²) in [7, 11) is 5.08. The molecule has 0 radical (unpaired) electrons. The second-order valence-electron chi connectivity index (χ2n) is 5.51. The Morgan fingerprint density at radius 2 is 1.96 bits per heavy atom. The minimum absolute atomic E-state index is 0. The quantitative estimate of drug-likeness (QED) is 0.257. The smallest absolute Gasteiger partial charge is 0.191 e. The standard InChI is InChI=1S/C18H26N4O2S.HI/c1-13-11-21-17(25-13)12-22-18(19-2)20-9-5-6-14-7-8-15(23-3)16(10-14)24-4;/h7-8,10-11H,5-6,9,12H2,1-4H3,(H2,19,20,22);1H. The minimum Gasteiger partial charge on any atom is -0.493 e. The van der Waals surface area contributed by atoms with Crippen LogP contribution in [0, 0.1) is 6.92 Å². The van der Waals surface area contributed by atoms with Gasteiger partial charge in [-0.15, -0.1) is 35.3 Å². The van der Waals surface area contributed by atoms with Gasteiger partial charge < -0.3 is 20.1 Å². The molecule has 0 amide bonds. The summed E-state index contributed by atoms with van der Waals surface area (Å²) in [5.74, 6) is 2.32. The zero-order chi connectivity index (χ0) is 18.1. The van der Waals surface area contributed by atoms with E-state index in [1.165, 1.54) is 10.4 Å². The van der Waals surface area contributed by atoms with Crippen molar-refractivity contribution in [1.82, 2.24) is 15.6 Å². The molecule has 0 atom stereocenters. The van der Waals surface area contributed by atoms with E-state index in [0.29, 0.717) is 6.54 Å². The number of methoxy groups -OCH3 is 2. The van der Waals surface area contributed by atoms with Crippen molar-refractivity contribution < 1.29 is 9.47 Å². The van der Waals surface area contributed by atoms with Crippen molar-refractivity contribution in [2.24, 2.45) is 4.99 Å². The number of benzene rings is 1. The van der Waals surface area contributed by atoms with E-state index in [9.17, 15) is 0 Å². The SMILES string of the molecule is CN=C(NCCCc1ccc(OC)c(OC)c1)NCc1ncc(C)s1.I. The van der Waals surface area contributed by atoms with E-state index < -0.39 is 0 Å². The first kappa shape index (κ1) is 22.5. The highest BCUT2D eigenvalue weighted by molar-refractivity contribution is 14.0. The summed E-state index contributed by atoms with van der Waals surface area (Å²) >= 11 is 1.69. The fourth-order valence-corrected chi connectivity index (χ4v) is 3.13. The molecule has 0 fully saturated rings. The Balaban J connectivity index is 0.00000338. The number of nitrogens with one attached hydrogen (secondary N) is 2. The Morgan fingerprint density at radius 3 is 2.58 bits per heavy atom. The predicted octanol–water partition coefficient (Wildman–Crippen LogP) is 3.38. The van der Waals surface area contributed by atoms with Crippen LogP contribution in [-0.4, -0.2) is 38.8 Å². The van der Waals surface area contributed by atoms with Gasteiger partial charge in [-0.3, -0.25) is 4.99 Å². The number of rotatable bonds is 8. The Labute approximate surface area is 176 Å². The lowest BCUT2D eigenvalue weighted by Gasteiger charge is -2.12. The van der Waals surface area contributed by atoms with Crippen LogP contribution in [0.5, 0.6) is 11.5 Å². The summed E-state index contributed by atoms with van der Waals surface area (Å²) in [6.07, 6.45) is 3.84. The molecule has 26 heavy (non-hydrogen) atoms. The van der Waals surface area contributed by atoms with Gasteiger partial charge in [0, 0.05) is 24.7 Å². The number of halogens is 1. The molecule has 0 aliphatic rings. The van der Waals surface area contributed by atoms with Crippen LogP contribution in [0.25, 0.3) is 0 Å². The Kier molecular flexibility index (Phi) is 10.3. The van der Waals surface area contributed by atoms with Crippen LogP contribution in [0.2, 0.25) is 0 Å². The summed E-state index contributed by atoms with van der Waals surface area (Å²) in [6.45, 7) is 3.58. The molecule has 0 saturated heterocycles. The van der Waals surface area contributed by atoms with Gasteiger partial charge in [-0.2, -0.15) is 0 Å². The first-order valence-electron chi connectivity index (χ1n) is 8.23. The van der Waals surface area contributed by atoms with Gasteiger partial charge in [0.15, 0.2) is 17.5 Å². The Morgan fingerprint density at radius 1 is 1.19 bits per heavy atom. The lowest BCUT2D eigenvalue weighted by molar-refractivity contribution is 0.354. The number of hydrogen-bond donors (Lipinski definition) is 2. The Bertz CT molecular complexity index is 706. The zero-order valence-corrected chi connectivity index (χ0v) is 18.8. The number of ether oxygens (including phenoxy) is 2. The average molecular weight is 490 g/mol. The fourth-order valence-electron chi connectivity index (χ4n) is 2.40. The molecular formula is C18H27IN4O2S. The number of aromatic nitrogens is 1. The molecule has 8 heteroatoms. The van der Waals surface area contributed by atoms with Gasteiger partial charge in [-0.1, -0.05) is 6.07 Å². The summed E-state index contributed by atoms with van der Waals surface area (Å²) < 4.78 is 10.6. The van der Waals surface area contributed by atoms with E-state index in [2.05, 4.69) is 33.6 Å². The van der Waals surface area contributed by atoms with Crippen molar-refractivity contribution in [3.05, 3.63) is 39.8 Å². The van der Waals surface area contributed by atoms with Crippen LogP contribution >= 0.6 is 35.3 Å². The van der Waals surface area contributed by atoms with Crippen molar-refractivity contribution in [2.45, 2.75) is 26.3 Å². The molecule has 6 nitrogen and oxygen atoms in total. The molecule has 0 aliphatic carbocycles. The highest BCUT2D eigenvalue weighted by atomic mass is 127. The maximum atomic E-state index is 5.34. The van der Waals surface area contributed by atoms with Gasteiger partial charge in [0.05, 0.1) is 20.8 Å². The highest BCUT2D eigenvalue weighted by Gasteiger charge is 2.05. The second kappa shape index (κ2) is 11.9. The molecule has 1 aromatic heterocycles. The maximum absolute atomic E-state index is 5.34. The number of thiazole rings is 1. The number of nitrogens with zero attached hydrogens (tertiary/aromatic N) is 2. The summed E-state index contributed by atoms with van der Waals surface area (Å²) in [5, 5.41) is 7.67. The summed E-state index contributed by atoms with van der Waals surface area (Å²) in [6, 6.07) is 6.04. The van der Waals surface area contributed by atoms with Crippen LogP contribution in [0.4, 0.5) is 0 Å². The lowest BCUT2D eigenvalue weighted by Crippen LogP contribution is -2.37. The van der Waals surface area contributed by atoms with E-state index in [1.807, 2.05) is 18.3 Å². The molecule has 2 aromatic rings. The molecular weight excluding hydrogens is 463 g/mol. The molecule has 0 aliphatic heterocycles. The van der Waals surface area contributed by atoms with Crippen molar-refractivity contribution in [3.8, 4) is 11.5 Å². The van der Waals surface area contributed by atoms with Gasteiger partial charge in [-0.25, -0.2) is 4.98 Å². The third kappa shape index (κ3) is 6.99. The van der Waals surface area contributed by atoms with E-state index in [4.69, 9.17) is 9.47 Å². The van der Waals surface area contributed by atoms with Crippen molar-refractivity contribution >= 4 is 41.3 Å². The molecule has 1 heterocycles.